The Morgan fingerprint density at radius 2 is 1.56 bits per heavy atom. The molecule has 2 aromatic rings. The van der Waals surface area contributed by atoms with E-state index in [2.05, 4.69) is 77.4 Å². The molecule has 0 spiro atoms. The first kappa shape index (κ1) is 25.2. The van der Waals surface area contributed by atoms with E-state index in [0.717, 1.165) is 12.8 Å². The van der Waals surface area contributed by atoms with Crippen LogP contribution in [0.25, 0.3) is 11.1 Å². The Labute approximate surface area is 214 Å². The second-order valence-electron chi connectivity index (χ2n) is 7.89. The first-order chi connectivity index (χ1) is 15.2. The van der Waals surface area contributed by atoms with Crippen LogP contribution in [-0.4, -0.2) is 33.5 Å². The summed E-state index contributed by atoms with van der Waals surface area (Å²) in [5.41, 5.74) is 4.80. The Balaban J connectivity index is 1.39. The first-order valence-corrected chi connectivity index (χ1v) is 13.0. The van der Waals surface area contributed by atoms with Crippen molar-refractivity contribution in [2.24, 2.45) is 0 Å². The van der Waals surface area contributed by atoms with Gasteiger partial charge < -0.3 is 14.8 Å². The van der Waals surface area contributed by atoms with Crippen LogP contribution in [0.5, 0.6) is 0 Å². The minimum Gasteiger partial charge on any atom is -0.462 e. The van der Waals surface area contributed by atoms with Gasteiger partial charge in [0.25, 0.3) is 0 Å². The second-order valence-corrected chi connectivity index (χ2v) is 15.1. The lowest BCUT2D eigenvalue weighted by molar-refractivity contribution is -0.143. The number of carbonyl (C=O) groups excluding carboxylic acids is 2. The average Bonchev–Trinajstić information content (AvgIpc) is 3.07. The summed E-state index contributed by atoms with van der Waals surface area (Å²) in [6.07, 6.45) is 2.21. The number of esters is 1. The van der Waals surface area contributed by atoms with Crippen molar-refractivity contribution < 1.29 is 19.1 Å². The monoisotopic (exact) mass is 629 g/mol. The molecule has 2 aromatic carbocycles. The molecule has 8 heteroatoms. The molecular formula is C24H26Br3NO4. The molecule has 0 radical (unpaired) electrons. The molecule has 5 nitrogen and oxygen atoms in total. The zero-order valence-electron chi connectivity index (χ0n) is 17.8. The Morgan fingerprint density at radius 1 is 0.969 bits per heavy atom. The van der Waals surface area contributed by atoms with Gasteiger partial charge in [-0.05, 0) is 42.0 Å². The van der Waals surface area contributed by atoms with E-state index in [4.69, 9.17) is 9.47 Å². The van der Waals surface area contributed by atoms with E-state index in [9.17, 15) is 9.59 Å². The number of unbranched alkanes of at least 4 members (excludes halogenated alkanes) is 1. The van der Waals surface area contributed by atoms with E-state index in [0.29, 0.717) is 19.4 Å². The van der Waals surface area contributed by atoms with Gasteiger partial charge >= 0.3 is 12.1 Å². The number of halogens is 3. The van der Waals surface area contributed by atoms with Gasteiger partial charge in [-0.1, -0.05) is 103 Å². The van der Waals surface area contributed by atoms with Crippen LogP contribution in [0.1, 0.15) is 49.7 Å². The molecule has 0 fully saturated rings. The van der Waals surface area contributed by atoms with Gasteiger partial charge in [0.05, 0.1) is 0 Å². The van der Waals surface area contributed by atoms with Gasteiger partial charge in [-0.15, -0.1) is 0 Å². The molecule has 3 rings (SSSR count). The zero-order valence-corrected chi connectivity index (χ0v) is 22.5. The van der Waals surface area contributed by atoms with Crippen LogP contribution in [0.4, 0.5) is 4.79 Å². The van der Waals surface area contributed by atoms with Crippen LogP contribution in [-0.2, 0) is 14.3 Å². The number of hydrogen-bond acceptors (Lipinski definition) is 4. The van der Waals surface area contributed by atoms with Crippen LogP contribution in [0.15, 0.2) is 48.5 Å². The third-order valence-electron chi connectivity index (χ3n) is 5.37. The fraction of sp³-hybridized carbons (Fsp3) is 0.417. The summed E-state index contributed by atoms with van der Waals surface area (Å²) in [4.78, 5) is 24.1. The minimum absolute atomic E-state index is 0.0399. The third kappa shape index (κ3) is 7.32. The molecular weight excluding hydrogens is 606 g/mol. The summed E-state index contributed by atoms with van der Waals surface area (Å²) in [5.74, 6) is -0.198. The van der Waals surface area contributed by atoms with Crippen molar-refractivity contribution >= 4 is 59.9 Å². The highest BCUT2D eigenvalue weighted by Gasteiger charge is 2.29. The normalized spacial score (nSPS) is 13.8. The maximum atomic E-state index is 12.3. The van der Waals surface area contributed by atoms with E-state index < -0.39 is 8.24 Å². The summed E-state index contributed by atoms with van der Waals surface area (Å²) in [6.45, 7) is 2.43. The highest BCUT2D eigenvalue weighted by atomic mass is 80.0. The lowest BCUT2D eigenvalue weighted by Gasteiger charge is -2.17. The van der Waals surface area contributed by atoms with Gasteiger partial charge in [-0.25, -0.2) is 4.79 Å². The van der Waals surface area contributed by atoms with Gasteiger partial charge in [0, 0.05) is 18.4 Å². The smallest absolute Gasteiger partial charge is 0.407 e. The summed E-state index contributed by atoms with van der Waals surface area (Å²) in [7, 11) is 0. The maximum Gasteiger partial charge on any atom is 0.407 e. The molecule has 0 aromatic heterocycles. The molecule has 1 N–H and O–H groups in total. The topological polar surface area (TPSA) is 64.6 Å². The van der Waals surface area contributed by atoms with Crippen LogP contribution >= 0.6 is 47.8 Å². The van der Waals surface area contributed by atoms with Gasteiger partial charge in [0.15, 0.2) is 2.14 Å². The van der Waals surface area contributed by atoms with Crippen LogP contribution in [0.3, 0.4) is 0 Å². The molecule has 1 atom stereocenters. The molecule has 0 aliphatic heterocycles. The number of benzene rings is 2. The van der Waals surface area contributed by atoms with E-state index in [-0.39, 0.29) is 24.5 Å². The van der Waals surface area contributed by atoms with Crippen molar-refractivity contribution in [2.75, 3.05) is 13.2 Å². The standard InChI is InChI=1S/C24H26Br3NO4/c1-16(8-2-7-13-22(29)32-15-24(25,26)27)28-23(30)31-14-21-19-11-5-3-9-17(19)18-10-4-6-12-20(18)21/h3-6,9-12,16,21H,2,7-8,13-15H2,1H3,(H,28,30)/t16-/m0/s1. The first-order valence-electron chi connectivity index (χ1n) is 10.6. The Hall–Kier alpha value is -1.38. The molecule has 172 valence electrons. The number of ether oxygens (including phenoxy) is 2. The van der Waals surface area contributed by atoms with Gasteiger partial charge in [0.1, 0.15) is 13.2 Å². The highest BCUT2D eigenvalue weighted by Crippen LogP contribution is 2.44. The quantitative estimate of drug-likeness (QED) is 0.187. The predicted octanol–water partition coefficient (Wildman–Crippen LogP) is 6.86. The molecule has 0 bridgehead atoms. The molecule has 0 saturated carbocycles. The molecule has 1 amide bonds. The Morgan fingerprint density at radius 3 is 2.16 bits per heavy atom. The number of rotatable bonds is 9. The van der Waals surface area contributed by atoms with Gasteiger partial charge in [0.2, 0.25) is 0 Å². The van der Waals surface area contributed by atoms with E-state index in [1.54, 1.807) is 0 Å². The number of nitrogens with one attached hydrogen (secondary N) is 1. The van der Waals surface area contributed by atoms with Crippen molar-refractivity contribution in [1.82, 2.24) is 5.32 Å². The molecule has 0 heterocycles. The van der Waals surface area contributed by atoms with Crippen molar-refractivity contribution in [3.05, 3.63) is 59.7 Å². The van der Waals surface area contributed by atoms with Gasteiger partial charge in [-0.2, -0.15) is 0 Å². The van der Waals surface area contributed by atoms with E-state index in [1.165, 1.54) is 22.3 Å². The molecule has 0 saturated heterocycles. The predicted molar refractivity (Wildman–Crippen MR) is 137 cm³/mol. The summed E-state index contributed by atoms with van der Waals surface area (Å²) in [6, 6.07) is 16.5. The maximum absolute atomic E-state index is 12.3. The molecule has 1 aliphatic carbocycles. The van der Waals surface area contributed by atoms with Gasteiger partial charge in [-0.3, -0.25) is 4.79 Å². The van der Waals surface area contributed by atoms with Crippen molar-refractivity contribution in [3.8, 4) is 11.1 Å². The number of fused-ring (bicyclic) bond motifs is 3. The largest absolute Gasteiger partial charge is 0.462 e. The van der Waals surface area contributed by atoms with Crippen molar-refractivity contribution in [1.29, 1.82) is 0 Å². The average molecular weight is 632 g/mol. The van der Waals surface area contributed by atoms with E-state index >= 15 is 0 Å². The van der Waals surface area contributed by atoms with Crippen molar-refractivity contribution in [3.63, 3.8) is 0 Å². The second kappa shape index (κ2) is 11.7. The number of carbonyl (C=O) groups is 2. The molecule has 1 aliphatic rings. The Kier molecular flexibility index (Phi) is 9.20. The fourth-order valence-corrected chi connectivity index (χ4v) is 4.21. The minimum atomic E-state index is -0.579. The summed E-state index contributed by atoms with van der Waals surface area (Å²) >= 11 is 9.86. The van der Waals surface area contributed by atoms with Crippen molar-refractivity contribution in [2.45, 2.75) is 46.7 Å². The zero-order chi connectivity index (χ0) is 23.1. The van der Waals surface area contributed by atoms with Crippen LogP contribution in [0.2, 0.25) is 0 Å². The lowest BCUT2D eigenvalue weighted by atomic mass is 9.98. The number of alkyl carbamates (subject to hydrolysis) is 1. The fourth-order valence-electron chi connectivity index (χ4n) is 3.87. The van der Waals surface area contributed by atoms with E-state index in [1.807, 2.05) is 31.2 Å². The lowest BCUT2D eigenvalue weighted by Crippen LogP contribution is -2.33. The third-order valence-corrected chi connectivity index (χ3v) is 6.06. The summed E-state index contributed by atoms with van der Waals surface area (Å²) in [5, 5.41) is 2.89. The molecule has 0 unspecified atom stereocenters. The van der Waals surface area contributed by atoms with Crippen LogP contribution < -0.4 is 5.32 Å². The van der Waals surface area contributed by atoms with Crippen LogP contribution in [0, 0.1) is 0 Å². The SMILES string of the molecule is C[C@@H](CCCCC(=O)OCC(Br)(Br)Br)NC(=O)OCC1c2ccccc2-c2ccccc21. The Bertz CT molecular complexity index is 899. The molecule has 32 heavy (non-hydrogen) atoms. The number of amides is 1. The number of alkyl halides is 3. The summed E-state index contributed by atoms with van der Waals surface area (Å²) < 4.78 is 10.1. The highest BCUT2D eigenvalue weighted by molar-refractivity contribution is 9.39. The number of hydrogen-bond donors (Lipinski definition) is 1.